The normalized spacial score (nSPS) is 15.1. The van der Waals surface area contributed by atoms with Gasteiger partial charge < -0.3 is 5.32 Å². The maximum atomic E-state index is 13.7. The number of aryl methyl sites for hydroxylation is 1. The summed E-state index contributed by atoms with van der Waals surface area (Å²) in [7, 11) is 0. The maximum Gasteiger partial charge on any atom is 0.224 e. The predicted molar refractivity (Wildman–Crippen MR) is 95.0 cm³/mol. The number of rotatable bonds is 6. The Balaban J connectivity index is 1.74. The molecule has 0 aliphatic heterocycles. The summed E-state index contributed by atoms with van der Waals surface area (Å²) in [5.41, 5.74) is 2.78. The number of aromatic nitrogens is 1. The zero-order valence-electron chi connectivity index (χ0n) is 13.6. The molecule has 0 saturated heterocycles. The number of pyridine rings is 1. The molecule has 1 aliphatic carbocycles. The average molecular weight is 391 g/mol. The topological polar surface area (TPSA) is 42.0 Å². The number of hydrogen-bond donors (Lipinski definition) is 1. The van der Waals surface area contributed by atoms with Gasteiger partial charge in [-0.15, -0.1) is 0 Å². The van der Waals surface area contributed by atoms with E-state index in [9.17, 15) is 9.18 Å². The zero-order chi connectivity index (χ0) is 17.1. The molecule has 1 aromatic carbocycles. The molecule has 5 heteroatoms. The van der Waals surface area contributed by atoms with Crippen LogP contribution in [0.15, 0.2) is 41.1 Å². The lowest BCUT2D eigenvalue weighted by atomic mass is 10.00. The largest absolute Gasteiger partial charge is 0.349 e. The van der Waals surface area contributed by atoms with E-state index in [-0.39, 0.29) is 24.2 Å². The lowest BCUT2D eigenvalue weighted by molar-refractivity contribution is -0.121. The molecular formula is C19H20BrFN2O. The smallest absolute Gasteiger partial charge is 0.224 e. The highest BCUT2D eigenvalue weighted by Crippen LogP contribution is 2.38. The van der Waals surface area contributed by atoms with Gasteiger partial charge in [-0.05, 0) is 60.2 Å². The minimum Gasteiger partial charge on any atom is -0.349 e. The van der Waals surface area contributed by atoms with Crippen molar-refractivity contribution in [1.82, 2.24) is 10.3 Å². The van der Waals surface area contributed by atoms with Crippen LogP contribution in [-0.2, 0) is 11.2 Å². The highest BCUT2D eigenvalue weighted by molar-refractivity contribution is 9.10. The van der Waals surface area contributed by atoms with Crippen molar-refractivity contribution in [2.45, 2.75) is 38.6 Å². The molecule has 0 spiro atoms. The molecule has 1 amide bonds. The summed E-state index contributed by atoms with van der Waals surface area (Å²) in [6.45, 7) is 1.97. The number of nitrogens with zero attached hydrogens (tertiary/aromatic N) is 1. The third-order valence-electron chi connectivity index (χ3n) is 4.39. The van der Waals surface area contributed by atoms with E-state index in [4.69, 9.17) is 0 Å². The summed E-state index contributed by atoms with van der Waals surface area (Å²) >= 11 is 3.33. The molecule has 126 valence electrons. The average Bonchev–Trinajstić information content (AvgIpc) is 3.32. The lowest BCUT2D eigenvalue weighted by Gasteiger charge is -2.20. The second-order valence-electron chi connectivity index (χ2n) is 6.48. The van der Waals surface area contributed by atoms with Crippen LogP contribution < -0.4 is 5.32 Å². The molecule has 3 nitrogen and oxygen atoms in total. The number of halogens is 2. The van der Waals surface area contributed by atoms with Gasteiger partial charge >= 0.3 is 0 Å². The van der Waals surface area contributed by atoms with Crippen molar-refractivity contribution < 1.29 is 9.18 Å². The van der Waals surface area contributed by atoms with Crippen LogP contribution in [0.1, 0.15) is 42.0 Å². The van der Waals surface area contributed by atoms with E-state index < -0.39 is 0 Å². The molecule has 1 unspecified atom stereocenters. The molecule has 1 aromatic heterocycles. The van der Waals surface area contributed by atoms with Gasteiger partial charge in [-0.25, -0.2) is 4.39 Å². The van der Waals surface area contributed by atoms with Gasteiger partial charge in [0, 0.05) is 16.9 Å². The number of hydrogen-bond acceptors (Lipinski definition) is 2. The van der Waals surface area contributed by atoms with Crippen LogP contribution in [0, 0.1) is 18.7 Å². The first-order valence-electron chi connectivity index (χ1n) is 8.16. The number of nitrogens with one attached hydrogen (secondary N) is 1. The Hall–Kier alpha value is -1.75. The highest BCUT2D eigenvalue weighted by atomic mass is 79.9. The quantitative estimate of drug-likeness (QED) is 0.789. The van der Waals surface area contributed by atoms with Crippen LogP contribution in [0.2, 0.25) is 0 Å². The molecule has 2 aromatic rings. The Bertz CT molecular complexity index is 726. The van der Waals surface area contributed by atoms with E-state index in [0.717, 1.165) is 23.1 Å². The lowest BCUT2D eigenvalue weighted by Crippen LogP contribution is -2.30. The Labute approximate surface area is 149 Å². The summed E-state index contributed by atoms with van der Waals surface area (Å²) in [5, 5.41) is 3.08. The Kier molecular flexibility index (Phi) is 5.29. The summed E-state index contributed by atoms with van der Waals surface area (Å²) in [4.78, 5) is 16.6. The van der Waals surface area contributed by atoms with Gasteiger partial charge in [-0.2, -0.15) is 0 Å². The highest BCUT2D eigenvalue weighted by Gasteiger charge is 2.27. The Morgan fingerprint density at radius 3 is 2.88 bits per heavy atom. The fourth-order valence-electron chi connectivity index (χ4n) is 2.84. The predicted octanol–water partition coefficient (Wildman–Crippen LogP) is 4.49. The summed E-state index contributed by atoms with van der Waals surface area (Å²) in [6, 6.07) is 6.56. The Morgan fingerprint density at radius 1 is 1.42 bits per heavy atom. The van der Waals surface area contributed by atoms with Crippen LogP contribution in [0.3, 0.4) is 0 Å². The van der Waals surface area contributed by atoms with E-state index in [2.05, 4.69) is 26.2 Å². The second-order valence-corrected chi connectivity index (χ2v) is 7.40. The van der Waals surface area contributed by atoms with Crippen molar-refractivity contribution in [2.24, 2.45) is 5.92 Å². The summed E-state index contributed by atoms with van der Waals surface area (Å²) < 4.78 is 14.4. The van der Waals surface area contributed by atoms with Crippen LogP contribution in [-0.4, -0.2) is 10.9 Å². The van der Waals surface area contributed by atoms with Crippen molar-refractivity contribution in [3.63, 3.8) is 0 Å². The molecule has 1 heterocycles. The van der Waals surface area contributed by atoms with Gasteiger partial charge in [-0.1, -0.05) is 28.8 Å². The molecule has 1 N–H and O–H groups in total. The van der Waals surface area contributed by atoms with E-state index >= 15 is 0 Å². The van der Waals surface area contributed by atoms with E-state index in [1.165, 1.54) is 25.0 Å². The van der Waals surface area contributed by atoms with Crippen molar-refractivity contribution in [2.75, 3.05) is 0 Å². The molecule has 1 saturated carbocycles. The van der Waals surface area contributed by atoms with E-state index in [0.29, 0.717) is 10.4 Å². The molecule has 1 fully saturated rings. The molecule has 1 atom stereocenters. The fraction of sp³-hybridized carbons (Fsp3) is 0.368. The third-order valence-corrected chi connectivity index (χ3v) is 4.84. The minimum atomic E-state index is -0.294. The van der Waals surface area contributed by atoms with Crippen LogP contribution in [0.25, 0.3) is 0 Å². The monoisotopic (exact) mass is 390 g/mol. The van der Waals surface area contributed by atoms with E-state index in [1.807, 2.05) is 19.1 Å². The summed E-state index contributed by atoms with van der Waals surface area (Å²) in [6.07, 6.45) is 6.96. The number of amides is 1. The van der Waals surface area contributed by atoms with Crippen molar-refractivity contribution >= 4 is 21.8 Å². The van der Waals surface area contributed by atoms with Crippen LogP contribution >= 0.6 is 15.9 Å². The van der Waals surface area contributed by atoms with Crippen molar-refractivity contribution in [3.05, 3.63) is 63.6 Å². The second kappa shape index (κ2) is 7.43. The Morgan fingerprint density at radius 2 is 2.21 bits per heavy atom. The van der Waals surface area contributed by atoms with E-state index in [1.54, 1.807) is 12.4 Å². The number of carbonyl (C=O) groups is 1. The number of carbonyl (C=O) groups excluding carboxylic acids is 1. The summed E-state index contributed by atoms with van der Waals surface area (Å²) in [5.74, 6) is 0.270. The van der Waals surface area contributed by atoms with Crippen LogP contribution in [0.5, 0.6) is 0 Å². The molecule has 24 heavy (non-hydrogen) atoms. The maximum absolute atomic E-state index is 13.7. The van der Waals surface area contributed by atoms with Gasteiger partial charge in [0.15, 0.2) is 0 Å². The standard InChI is InChI=1S/C19H20BrFN2O/c1-12-4-5-22-11-15(12)9-19(24)23-18(6-13-2-3-13)14-7-16(20)10-17(21)8-14/h4-5,7-8,10-11,13,18H,2-3,6,9H2,1H3,(H,23,24). The van der Waals surface area contributed by atoms with Gasteiger partial charge in [0.1, 0.15) is 5.82 Å². The van der Waals surface area contributed by atoms with Gasteiger partial charge in [0.25, 0.3) is 0 Å². The van der Waals surface area contributed by atoms with Crippen LogP contribution in [0.4, 0.5) is 4.39 Å². The zero-order valence-corrected chi connectivity index (χ0v) is 15.1. The fourth-order valence-corrected chi connectivity index (χ4v) is 3.32. The molecule has 3 rings (SSSR count). The first-order chi connectivity index (χ1) is 11.5. The molecular weight excluding hydrogens is 371 g/mol. The first-order valence-corrected chi connectivity index (χ1v) is 8.95. The molecule has 0 bridgehead atoms. The van der Waals surface area contributed by atoms with Gasteiger partial charge in [0.2, 0.25) is 5.91 Å². The molecule has 0 radical (unpaired) electrons. The number of benzene rings is 1. The minimum absolute atomic E-state index is 0.0582. The van der Waals surface area contributed by atoms with Crippen molar-refractivity contribution in [1.29, 1.82) is 0 Å². The van der Waals surface area contributed by atoms with Crippen molar-refractivity contribution in [3.8, 4) is 0 Å². The van der Waals surface area contributed by atoms with Gasteiger partial charge in [-0.3, -0.25) is 9.78 Å². The molecule has 1 aliphatic rings. The first kappa shape index (κ1) is 17.1. The SMILES string of the molecule is Cc1ccncc1CC(=O)NC(CC1CC1)c1cc(F)cc(Br)c1. The third kappa shape index (κ3) is 4.63. The van der Waals surface area contributed by atoms with Gasteiger partial charge in [0.05, 0.1) is 12.5 Å².